The van der Waals surface area contributed by atoms with E-state index in [4.69, 9.17) is 4.99 Å². The van der Waals surface area contributed by atoms with E-state index in [9.17, 15) is 9.59 Å². The summed E-state index contributed by atoms with van der Waals surface area (Å²) >= 11 is 0. The Kier molecular flexibility index (Phi) is 6.21. The number of carbonyl (C=O) groups is 1. The third-order valence-electron chi connectivity index (χ3n) is 5.77. The van der Waals surface area contributed by atoms with Crippen LogP contribution in [0.5, 0.6) is 0 Å². The Morgan fingerprint density at radius 2 is 1.97 bits per heavy atom. The number of aromatic nitrogens is 3. The molecular weight excluding hydrogens is 376 g/mol. The summed E-state index contributed by atoms with van der Waals surface area (Å²) in [5.74, 6) is 0.00589. The fourth-order valence-corrected chi connectivity index (χ4v) is 4.08. The minimum absolute atomic E-state index is 0.00589. The molecule has 0 N–H and O–H groups in total. The molecule has 0 bridgehead atoms. The normalized spacial score (nSPS) is 15.6. The Hall–Kier alpha value is -3.02. The van der Waals surface area contributed by atoms with Crippen molar-refractivity contribution in [2.75, 3.05) is 0 Å². The van der Waals surface area contributed by atoms with Gasteiger partial charge in [0.05, 0.1) is 23.3 Å². The van der Waals surface area contributed by atoms with Crippen molar-refractivity contribution in [2.24, 2.45) is 4.99 Å². The van der Waals surface area contributed by atoms with Crippen LogP contribution in [0, 0.1) is 6.92 Å². The van der Waals surface area contributed by atoms with E-state index < -0.39 is 0 Å². The van der Waals surface area contributed by atoms with Gasteiger partial charge in [-0.05, 0) is 56.0 Å². The van der Waals surface area contributed by atoms with Crippen molar-refractivity contribution in [2.45, 2.75) is 64.5 Å². The van der Waals surface area contributed by atoms with Crippen LogP contribution in [0.2, 0.25) is 0 Å². The molecule has 6 nitrogen and oxygen atoms in total. The Balaban J connectivity index is 1.48. The van der Waals surface area contributed by atoms with Gasteiger partial charge in [0, 0.05) is 19.2 Å². The second kappa shape index (κ2) is 9.20. The molecule has 0 saturated heterocycles. The van der Waals surface area contributed by atoms with Crippen molar-refractivity contribution in [1.29, 1.82) is 0 Å². The number of rotatable bonds is 5. The van der Waals surface area contributed by atoms with Gasteiger partial charge in [-0.3, -0.25) is 23.7 Å². The predicted octanol–water partition coefficient (Wildman–Crippen LogP) is 3.86. The van der Waals surface area contributed by atoms with Gasteiger partial charge in [-0.25, -0.2) is 4.98 Å². The van der Waals surface area contributed by atoms with E-state index in [0.29, 0.717) is 36.3 Å². The van der Waals surface area contributed by atoms with E-state index in [-0.39, 0.29) is 11.5 Å². The van der Waals surface area contributed by atoms with Crippen molar-refractivity contribution >= 4 is 16.8 Å². The van der Waals surface area contributed by atoms with Gasteiger partial charge in [0.1, 0.15) is 5.49 Å². The summed E-state index contributed by atoms with van der Waals surface area (Å²) in [4.78, 5) is 34.7. The molecule has 0 atom stereocenters. The van der Waals surface area contributed by atoms with Gasteiger partial charge in [0.15, 0.2) is 0 Å². The maximum atomic E-state index is 12.9. The zero-order valence-corrected chi connectivity index (χ0v) is 17.5. The van der Waals surface area contributed by atoms with Crippen LogP contribution in [0.3, 0.4) is 0 Å². The molecule has 1 saturated carbocycles. The van der Waals surface area contributed by atoms with Crippen LogP contribution in [-0.4, -0.2) is 26.1 Å². The standard InChI is InChI=1S/C24H28N4O2/c1-18-13-15-28(22(16-18)26-19-8-3-2-4-9-19)23(29)12-7-14-27-17-25-21-11-6-5-10-20(21)24(27)30/h5-6,10-11,13,15-17,19H,2-4,7-9,12,14H2,1H3. The van der Waals surface area contributed by atoms with Crippen LogP contribution in [0.1, 0.15) is 55.3 Å². The molecule has 4 rings (SSSR count). The van der Waals surface area contributed by atoms with Crippen LogP contribution >= 0.6 is 0 Å². The molecule has 0 amide bonds. The zero-order chi connectivity index (χ0) is 20.9. The summed E-state index contributed by atoms with van der Waals surface area (Å²) in [6.45, 7) is 2.48. The highest BCUT2D eigenvalue weighted by atomic mass is 16.2. The minimum Gasteiger partial charge on any atom is -0.299 e. The SMILES string of the molecule is Cc1ccn(C(=O)CCCn2cnc3ccccc3c2=O)c(=NC2CCCCC2)c1. The maximum absolute atomic E-state index is 12.9. The van der Waals surface area contributed by atoms with Gasteiger partial charge in [0.2, 0.25) is 5.91 Å². The van der Waals surface area contributed by atoms with Gasteiger partial charge < -0.3 is 0 Å². The van der Waals surface area contributed by atoms with Crippen LogP contribution in [0.15, 0.2) is 58.7 Å². The number of para-hydroxylation sites is 1. The fraction of sp³-hybridized carbons (Fsp3) is 0.417. The molecule has 0 radical (unpaired) electrons. The van der Waals surface area contributed by atoms with Crippen LogP contribution < -0.4 is 11.0 Å². The van der Waals surface area contributed by atoms with Gasteiger partial charge in [-0.1, -0.05) is 31.4 Å². The van der Waals surface area contributed by atoms with Gasteiger partial charge in [-0.2, -0.15) is 0 Å². The number of benzene rings is 1. The summed E-state index contributed by atoms with van der Waals surface area (Å²) < 4.78 is 3.26. The molecule has 0 spiro atoms. The van der Waals surface area contributed by atoms with E-state index >= 15 is 0 Å². The number of fused-ring (bicyclic) bond motifs is 1. The van der Waals surface area contributed by atoms with Crippen molar-refractivity contribution in [3.8, 4) is 0 Å². The first kappa shape index (κ1) is 20.3. The molecule has 2 aromatic heterocycles. The third kappa shape index (κ3) is 4.58. The summed E-state index contributed by atoms with van der Waals surface area (Å²) in [7, 11) is 0. The van der Waals surface area contributed by atoms with Crippen molar-refractivity contribution in [3.05, 3.63) is 70.3 Å². The van der Waals surface area contributed by atoms with Crippen molar-refractivity contribution in [1.82, 2.24) is 14.1 Å². The van der Waals surface area contributed by atoms with Crippen molar-refractivity contribution < 1.29 is 4.79 Å². The fourth-order valence-electron chi connectivity index (χ4n) is 4.08. The summed E-state index contributed by atoms with van der Waals surface area (Å²) in [6.07, 6.45) is 10.2. The molecule has 1 aliphatic rings. The maximum Gasteiger partial charge on any atom is 0.261 e. The van der Waals surface area contributed by atoms with E-state index in [2.05, 4.69) is 4.98 Å². The van der Waals surface area contributed by atoms with Gasteiger partial charge >= 0.3 is 0 Å². The van der Waals surface area contributed by atoms with E-state index in [0.717, 1.165) is 23.9 Å². The Labute approximate surface area is 175 Å². The Morgan fingerprint density at radius 1 is 1.17 bits per heavy atom. The largest absolute Gasteiger partial charge is 0.299 e. The lowest BCUT2D eigenvalue weighted by Crippen LogP contribution is -2.29. The smallest absolute Gasteiger partial charge is 0.261 e. The quantitative estimate of drug-likeness (QED) is 0.648. The Bertz CT molecular complexity index is 1170. The lowest BCUT2D eigenvalue weighted by molar-refractivity contribution is 0.0892. The van der Waals surface area contributed by atoms with Gasteiger partial charge in [0.25, 0.3) is 5.56 Å². The number of hydrogen-bond donors (Lipinski definition) is 0. The first-order chi connectivity index (χ1) is 14.6. The molecule has 1 fully saturated rings. The second-order valence-corrected chi connectivity index (χ2v) is 8.11. The highest BCUT2D eigenvalue weighted by molar-refractivity contribution is 5.78. The van der Waals surface area contributed by atoms with Gasteiger partial charge in [-0.15, -0.1) is 0 Å². The number of hydrogen-bond acceptors (Lipinski definition) is 4. The number of nitrogens with zero attached hydrogens (tertiary/aromatic N) is 4. The van der Waals surface area contributed by atoms with E-state index in [1.54, 1.807) is 21.5 Å². The summed E-state index contributed by atoms with van der Waals surface area (Å²) in [5, 5.41) is 0.604. The molecule has 3 aromatic rings. The average Bonchev–Trinajstić information content (AvgIpc) is 2.76. The topological polar surface area (TPSA) is 69.2 Å². The number of pyridine rings is 1. The minimum atomic E-state index is -0.0657. The third-order valence-corrected chi connectivity index (χ3v) is 5.77. The van der Waals surface area contributed by atoms with Crippen molar-refractivity contribution in [3.63, 3.8) is 0 Å². The van der Waals surface area contributed by atoms with Crippen LogP contribution in [0.25, 0.3) is 10.9 Å². The second-order valence-electron chi connectivity index (χ2n) is 8.11. The molecule has 1 aromatic carbocycles. The van der Waals surface area contributed by atoms with Crippen LogP contribution in [0.4, 0.5) is 0 Å². The summed E-state index contributed by atoms with van der Waals surface area (Å²) in [5.41, 5.74) is 2.47. The number of carbonyl (C=O) groups excluding carboxylic acids is 1. The number of aryl methyl sites for hydroxylation is 2. The first-order valence-electron chi connectivity index (χ1n) is 10.8. The monoisotopic (exact) mass is 404 g/mol. The van der Waals surface area contributed by atoms with E-state index in [1.807, 2.05) is 43.5 Å². The van der Waals surface area contributed by atoms with Crippen LogP contribution in [-0.2, 0) is 6.54 Å². The Morgan fingerprint density at radius 3 is 2.80 bits per heavy atom. The highest BCUT2D eigenvalue weighted by Crippen LogP contribution is 2.19. The average molecular weight is 405 g/mol. The molecule has 0 unspecified atom stereocenters. The van der Waals surface area contributed by atoms with E-state index in [1.165, 1.54) is 19.3 Å². The molecule has 1 aliphatic carbocycles. The molecule has 2 heterocycles. The lowest BCUT2D eigenvalue weighted by Gasteiger charge is -2.18. The molecule has 30 heavy (non-hydrogen) atoms. The highest BCUT2D eigenvalue weighted by Gasteiger charge is 2.13. The first-order valence-corrected chi connectivity index (χ1v) is 10.8. The molecule has 0 aliphatic heterocycles. The molecule has 6 heteroatoms. The molecule has 156 valence electrons. The molecular formula is C24H28N4O2. The zero-order valence-electron chi connectivity index (χ0n) is 17.5. The predicted molar refractivity (Wildman–Crippen MR) is 117 cm³/mol. The summed E-state index contributed by atoms with van der Waals surface area (Å²) in [6, 6.07) is 11.6. The lowest BCUT2D eigenvalue weighted by atomic mass is 9.96.